The fourth-order valence-electron chi connectivity index (χ4n) is 8.95. The van der Waals surface area contributed by atoms with Crippen molar-refractivity contribution in [1.82, 2.24) is 9.47 Å². The van der Waals surface area contributed by atoms with E-state index in [2.05, 4.69) is 36.9 Å². The minimum Gasteiger partial charge on any atom is -0.478 e. The number of likely N-dealkylation sites (tertiary alicyclic amines) is 1. The first-order valence-electron chi connectivity index (χ1n) is 22.3. The van der Waals surface area contributed by atoms with E-state index in [9.17, 15) is 27.8 Å². The molecule has 2 aliphatic rings. The molecule has 0 aliphatic carbocycles. The van der Waals surface area contributed by atoms with Gasteiger partial charge < -0.3 is 34.8 Å². The number of piperazine rings is 1. The zero-order valence-corrected chi connectivity index (χ0v) is 39.0. The second-order valence-corrected chi connectivity index (χ2v) is 20.0. The third kappa shape index (κ3) is 10.9. The second kappa shape index (κ2) is 20.3. The topological polar surface area (TPSA) is 130 Å². The van der Waals surface area contributed by atoms with Crippen LogP contribution in [0.5, 0.6) is 0 Å². The molecule has 0 unspecified atom stereocenters. The van der Waals surface area contributed by atoms with Crippen molar-refractivity contribution < 1.29 is 32.2 Å². The SMILES string of the molecule is Cc1cc(S(=O)(=O)Nc2ccc(N3CCN(c4cc(F)cc(-c5c(C(=O)O)c(C)n(C)c5-c5ccc(F)cc5)c4)CC3)cc2)ccc1N[C@H](CCN1CCC(O)CC1)CSc1ccccc1. The summed E-state index contributed by atoms with van der Waals surface area (Å²) in [6.07, 6.45) is 2.28. The molecule has 11 nitrogen and oxygen atoms in total. The Hall–Kier alpha value is -5.87. The van der Waals surface area contributed by atoms with E-state index in [-0.39, 0.29) is 22.6 Å². The lowest BCUT2D eigenvalue weighted by Gasteiger charge is -2.37. The second-order valence-electron chi connectivity index (χ2n) is 17.2. The summed E-state index contributed by atoms with van der Waals surface area (Å²) in [7, 11) is -2.15. The van der Waals surface area contributed by atoms with Gasteiger partial charge in [-0.15, -0.1) is 11.8 Å². The number of rotatable bonds is 16. The van der Waals surface area contributed by atoms with Gasteiger partial charge in [0.25, 0.3) is 10.0 Å². The quantitative estimate of drug-likeness (QED) is 0.0697. The first kappa shape index (κ1) is 46.7. The van der Waals surface area contributed by atoms with Crippen molar-refractivity contribution in [3.63, 3.8) is 0 Å². The molecule has 0 bridgehead atoms. The van der Waals surface area contributed by atoms with Crippen LogP contribution >= 0.6 is 11.8 Å². The minimum atomic E-state index is -3.90. The van der Waals surface area contributed by atoms with E-state index in [1.165, 1.54) is 29.2 Å². The summed E-state index contributed by atoms with van der Waals surface area (Å²) in [6, 6.07) is 33.3. The van der Waals surface area contributed by atoms with E-state index in [1.807, 2.05) is 49.4 Å². The van der Waals surface area contributed by atoms with Gasteiger partial charge >= 0.3 is 5.97 Å². The molecule has 0 amide bonds. The van der Waals surface area contributed by atoms with Crippen molar-refractivity contribution >= 4 is 50.5 Å². The molecule has 1 aromatic heterocycles. The Bertz CT molecular complexity index is 2760. The average molecular weight is 935 g/mol. The minimum absolute atomic E-state index is 0.0606. The lowest BCUT2D eigenvalue weighted by molar-refractivity contribution is 0.0696. The first-order valence-corrected chi connectivity index (χ1v) is 24.8. The predicted octanol–water partition coefficient (Wildman–Crippen LogP) is 9.50. The number of nitrogens with zero attached hydrogens (tertiary/aromatic N) is 4. The molecule has 5 aromatic carbocycles. The van der Waals surface area contributed by atoms with Gasteiger partial charge in [-0.25, -0.2) is 22.0 Å². The molecule has 66 heavy (non-hydrogen) atoms. The number of carboxylic acid groups (broad SMARTS) is 1. The molecule has 2 saturated heterocycles. The van der Waals surface area contributed by atoms with E-state index >= 15 is 4.39 Å². The van der Waals surface area contributed by atoms with Gasteiger partial charge in [-0.1, -0.05) is 18.2 Å². The van der Waals surface area contributed by atoms with Crippen LogP contribution in [-0.2, 0) is 17.1 Å². The number of nitrogens with one attached hydrogen (secondary N) is 2. The maximum Gasteiger partial charge on any atom is 0.338 e. The number of aromatic carboxylic acids is 1. The smallest absolute Gasteiger partial charge is 0.338 e. The lowest BCUT2D eigenvalue weighted by Crippen LogP contribution is -2.46. The number of piperidine rings is 1. The standard InChI is InChI=1S/C51H56F2N6O5S2/c1-34-29-46(17-18-47(34)54-41(33-65-45-7-5-4-6-8-45)19-22-57-23-20-44(60)21-24-57)66(63,64)55-40-13-15-42(16-14-40)58-25-27-59(28-26-58)43-31-37(30-39(53)32-43)49-48(51(61)62)35(2)56(3)50(49)36-9-11-38(52)12-10-36/h4-18,29-32,41,44,54-55,60H,19-28,33H2,1-3H3,(H,61,62)/t41-/m1/s1. The molecule has 0 saturated carbocycles. The summed E-state index contributed by atoms with van der Waals surface area (Å²) in [5.41, 5.74) is 6.19. The number of aliphatic hydroxyl groups is 1. The maximum atomic E-state index is 15.4. The molecule has 8 rings (SSSR count). The Balaban J connectivity index is 0.904. The number of sulfonamides is 1. The van der Waals surface area contributed by atoms with Crippen molar-refractivity contribution in [2.75, 3.05) is 71.4 Å². The van der Waals surface area contributed by atoms with Crippen LogP contribution in [0.25, 0.3) is 22.4 Å². The molecule has 15 heteroatoms. The zero-order chi connectivity index (χ0) is 46.5. The van der Waals surface area contributed by atoms with Gasteiger partial charge in [-0.05, 0) is 147 Å². The van der Waals surface area contributed by atoms with Crippen molar-refractivity contribution in [2.24, 2.45) is 7.05 Å². The molecule has 2 fully saturated rings. The van der Waals surface area contributed by atoms with E-state index in [4.69, 9.17) is 0 Å². The number of benzene rings is 5. The van der Waals surface area contributed by atoms with E-state index in [0.29, 0.717) is 65.6 Å². The Morgan fingerprint density at radius 1 is 0.788 bits per heavy atom. The number of halogens is 2. The van der Waals surface area contributed by atoms with Crippen molar-refractivity contribution in [1.29, 1.82) is 0 Å². The summed E-state index contributed by atoms with van der Waals surface area (Å²) in [5, 5.41) is 24.0. The van der Waals surface area contributed by atoms with Gasteiger partial charge in [-0.3, -0.25) is 4.72 Å². The van der Waals surface area contributed by atoms with Crippen LogP contribution in [0, 0.1) is 25.5 Å². The largest absolute Gasteiger partial charge is 0.478 e. The number of aryl methyl sites for hydroxylation is 1. The molecular formula is C51H56F2N6O5S2. The summed E-state index contributed by atoms with van der Waals surface area (Å²) in [5.74, 6) is -1.21. The van der Waals surface area contributed by atoms with Gasteiger partial charge in [0, 0.05) is 104 Å². The molecule has 346 valence electrons. The van der Waals surface area contributed by atoms with Crippen LogP contribution < -0.4 is 19.8 Å². The lowest BCUT2D eigenvalue weighted by atomic mass is 9.96. The number of anilines is 4. The Morgan fingerprint density at radius 3 is 2.11 bits per heavy atom. The highest BCUT2D eigenvalue weighted by molar-refractivity contribution is 7.99. The van der Waals surface area contributed by atoms with Crippen LogP contribution in [-0.4, -0.2) is 97.8 Å². The van der Waals surface area contributed by atoms with Crippen LogP contribution in [0.2, 0.25) is 0 Å². The number of aliphatic hydroxyl groups excluding tert-OH is 1. The van der Waals surface area contributed by atoms with Crippen molar-refractivity contribution in [3.05, 3.63) is 144 Å². The summed E-state index contributed by atoms with van der Waals surface area (Å²) < 4.78 is 61.2. The van der Waals surface area contributed by atoms with Crippen LogP contribution in [0.15, 0.2) is 125 Å². The third-order valence-electron chi connectivity index (χ3n) is 12.7. The van der Waals surface area contributed by atoms with Gasteiger partial charge in [0.2, 0.25) is 0 Å². The highest BCUT2D eigenvalue weighted by atomic mass is 32.2. The number of hydrogen-bond acceptors (Lipinski definition) is 9. The van der Waals surface area contributed by atoms with E-state index in [1.54, 1.807) is 66.7 Å². The molecule has 4 N–H and O–H groups in total. The van der Waals surface area contributed by atoms with Crippen molar-refractivity contribution in [2.45, 2.75) is 55.0 Å². The maximum absolute atomic E-state index is 15.4. The van der Waals surface area contributed by atoms with E-state index in [0.717, 1.165) is 61.6 Å². The number of aromatic nitrogens is 1. The van der Waals surface area contributed by atoms with Gasteiger partial charge in [-0.2, -0.15) is 0 Å². The van der Waals surface area contributed by atoms with Crippen molar-refractivity contribution in [3.8, 4) is 22.4 Å². The zero-order valence-electron chi connectivity index (χ0n) is 37.4. The molecular weight excluding hydrogens is 879 g/mol. The number of carboxylic acids is 1. The van der Waals surface area contributed by atoms with Gasteiger partial charge in [0.1, 0.15) is 11.6 Å². The molecule has 6 aromatic rings. The first-order chi connectivity index (χ1) is 31.7. The van der Waals surface area contributed by atoms with E-state index < -0.39 is 27.6 Å². The average Bonchev–Trinajstić information content (AvgIpc) is 3.58. The third-order valence-corrected chi connectivity index (χ3v) is 15.3. The molecule has 1 atom stereocenters. The molecule has 0 spiro atoms. The number of hydrogen-bond donors (Lipinski definition) is 4. The van der Waals surface area contributed by atoms with Gasteiger partial charge in [0.05, 0.1) is 22.3 Å². The summed E-state index contributed by atoms with van der Waals surface area (Å²) in [4.78, 5) is 20.6. The highest BCUT2D eigenvalue weighted by Gasteiger charge is 2.28. The van der Waals surface area contributed by atoms with Crippen LogP contribution in [0.1, 0.15) is 40.9 Å². The predicted molar refractivity (Wildman–Crippen MR) is 262 cm³/mol. The Morgan fingerprint density at radius 2 is 1.45 bits per heavy atom. The summed E-state index contributed by atoms with van der Waals surface area (Å²) >= 11 is 1.79. The molecule has 2 aliphatic heterocycles. The summed E-state index contributed by atoms with van der Waals surface area (Å²) in [6.45, 7) is 8.64. The van der Waals surface area contributed by atoms with Gasteiger partial charge in [0.15, 0.2) is 0 Å². The Labute approximate surface area is 390 Å². The fourth-order valence-corrected chi connectivity index (χ4v) is 11.1. The van der Waals surface area contributed by atoms with Crippen LogP contribution in [0.4, 0.5) is 31.5 Å². The number of thioether (sulfide) groups is 1. The Kier molecular flexibility index (Phi) is 14.4. The molecule has 3 heterocycles. The fraction of sp³-hybridized carbons (Fsp3) is 0.314. The van der Waals surface area contributed by atoms with Crippen LogP contribution in [0.3, 0.4) is 0 Å². The monoisotopic (exact) mass is 934 g/mol. The molecule has 0 radical (unpaired) electrons. The highest BCUT2D eigenvalue weighted by Crippen LogP contribution is 2.41. The normalized spacial score (nSPS) is 15.5. The number of carbonyl (C=O) groups is 1.